The Bertz CT molecular complexity index is 311. The van der Waals surface area contributed by atoms with E-state index in [4.69, 9.17) is 5.11 Å². The standard InChI is InChI=1S/C11H15NO3/c1-8(14)10(7-13)12-11(15)9-5-3-2-4-6-9/h2-6,8,10,13-14H,7H2,1H3,(H,12,15)/t8-,10+/m1/s1. The average molecular weight is 209 g/mol. The first-order chi connectivity index (χ1) is 7.15. The number of hydrogen-bond acceptors (Lipinski definition) is 3. The lowest BCUT2D eigenvalue weighted by atomic mass is 10.1. The second-order valence-electron chi connectivity index (χ2n) is 3.37. The Labute approximate surface area is 88.6 Å². The number of carbonyl (C=O) groups is 1. The van der Waals surface area contributed by atoms with Gasteiger partial charge in [-0.3, -0.25) is 4.79 Å². The van der Waals surface area contributed by atoms with Crippen molar-refractivity contribution in [2.75, 3.05) is 6.61 Å². The summed E-state index contributed by atoms with van der Waals surface area (Å²) < 4.78 is 0. The van der Waals surface area contributed by atoms with E-state index < -0.39 is 12.1 Å². The predicted octanol–water partition coefficient (Wildman–Crippen LogP) is 0.158. The summed E-state index contributed by atoms with van der Waals surface area (Å²) in [6.45, 7) is 1.24. The Morgan fingerprint density at radius 2 is 2.00 bits per heavy atom. The van der Waals surface area contributed by atoms with Crippen molar-refractivity contribution in [2.45, 2.75) is 19.1 Å². The van der Waals surface area contributed by atoms with Gasteiger partial charge in [0.15, 0.2) is 0 Å². The Balaban J connectivity index is 2.63. The normalized spacial score (nSPS) is 14.3. The SMILES string of the molecule is C[C@@H](O)[C@H](CO)NC(=O)c1ccccc1. The maximum Gasteiger partial charge on any atom is 0.251 e. The van der Waals surface area contributed by atoms with Gasteiger partial charge in [0.2, 0.25) is 0 Å². The molecule has 1 aromatic carbocycles. The zero-order valence-electron chi connectivity index (χ0n) is 8.55. The van der Waals surface area contributed by atoms with Crippen molar-refractivity contribution in [3.63, 3.8) is 0 Å². The molecular weight excluding hydrogens is 194 g/mol. The van der Waals surface area contributed by atoms with Crippen LogP contribution in [0.1, 0.15) is 17.3 Å². The summed E-state index contributed by atoms with van der Waals surface area (Å²) in [7, 11) is 0. The van der Waals surface area contributed by atoms with Crippen LogP contribution in [0.3, 0.4) is 0 Å². The van der Waals surface area contributed by atoms with Crippen molar-refractivity contribution in [1.82, 2.24) is 5.32 Å². The fraction of sp³-hybridized carbons (Fsp3) is 0.364. The Morgan fingerprint density at radius 3 is 2.47 bits per heavy atom. The number of aliphatic hydroxyl groups excluding tert-OH is 2. The molecule has 0 saturated heterocycles. The van der Waals surface area contributed by atoms with Crippen LogP contribution in [0.25, 0.3) is 0 Å². The lowest BCUT2D eigenvalue weighted by Gasteiger charge is -2.18. The molecule has 2 atom stereocenters. The third-order valence-electron chi connectivity index (χ3n) is 2.13. The minimum absolute atomic E-state index is 0.282. The van der Waals surface area contributed by atoms with E-state index in [9.17, 15) is 9.90 Å². The number of aliphatic hydroxyl groups is 2. The molecule has 3 N–H and O–H groups in total. The lowest BCUT2D eigenvalue weighted by molar-refractivity contribution is 0.0758. The van der Waals surface area contributed by atoms with E-state index in [2.05, 4.69) is 5.32 Å². The summed E-state index contributed by atoms with van der Waals surface area (Å²) in [5.41, 5.74) is 0.511. The van der Waals surface area contributed by atoms with Crippen LogP contribution in [0, 0.1) is 0 Å². The van der Waals surface area contributed by atoms with Crippen LogP contribution in [0.5, 0.6) is 0 Å². The van der Waals surface area contributed by atoms with E-state index in [1.165, 1.54) is 6.92 Å². The van der Waals surface area contributed by atoms with E-state index in [1.807, 2.05) is 6.07 Å². The van der Waals surface area contributed by atoms with Crippen LogP contribution >= 0.6 is 0 Å². The highest BCUT2D eigenvalue weighted by Crippen LogP contribution is 2.00. The van der Waals surface area contributed by atoms with E-state index in [0.717, 1.165) is 0 Å². The van der Waals surface area contributed by atoms with Crippen LogP contribution in [0.2, 0.25) is 0 Å². The molecule has 1 aromatic rings. The maximum absolute atomic E-state index is 11.6. The summed E-state index contributed by atoms with van der Waals surface area (Å²) in [6, 6.07) is 8.04. The fourth-order valence-electron chi connectivity index (χ4n) is 1.16. The monoisotopic (exact) mass is 209 g/mol. The van der Waals surface area contributed by atoms with Crippen LogP contribution in [-0.4, -0.2) is 34.9 Å². The van der Waals surface area contributed by atoms with E-state index in [0.29, 0.717) is 5.56 Å². The molecule has 4 nitrogen and oxygen atoms in total. The van der Waals surface area contributed by atoms with Gasteiger partial charge in [-0.15, -0.1) is 0 Å². The molecule has 0 aliphatic rings. The van der Waals surface area contributed by atoms with Gasteiger partial charge in [-0.05, 0) is 19.1 Å². The number of amides is 1. The zero-order chi connectivity index (χ0) is 11.3. The van der Waals surface area contributed by atoms with Gasteiger partial charge < -0.3 is 15.5 Å². The Hall–Kier alpha value is -1.39. The molecule has 0 radical (unpaired) electrons. The predicted molar refractivity (Wildman–Crippen MR) is 56.5 cm³/mol. The molecule has 15 heavy (non-hydrogen) atoms. The Kier molecular flexibility index (Phi) is 4.27. The number of carbonyl (C=O) groups excluding carboxylic acids is 1. The molecule has 0 aliphatic carbocycles. The second-order valence-corrected chi connectivity index (χ2v) is 3.37. The minimum Gasteiger partial charge on any atom is -0.394 e. The molecule has 0 fully saturated rings. The molecule has 1 amide bonds. The summed E-state index contributed by atoms with van der Waals surface area (Å²) in [6.07, 6.45) is -0.775. The molecule has 1 rings (SSSR count). The molecule has 0 saturated carbocycles. The van der Waals surface area contributed by atoms with Crippen molar-refractivity contribution in [1.29, 1.82) is 0 Å². The van der Waals surface area contributed by atoms with Gasteiger partial charge in [-0.25, -0.2) is 0 Å². The van der Waals surface area contributed by atoms with Gasteiger partial charge in [0.25, 0.3) is 5.91 Å². The van der Waals surface area contributed by atoms with Crippen LogP contribution in [0.15, 0.2) is 30.3 Å². The fourth-order valence-corrected chi connectivity index (χ4v) is 1.16. The summed E-state index contributed by atoms with van der Waals surface area (Å²) in [5, 5.41) is 20.7. The van der Waals surface area contributed by atoms with Gasteiger partial charge in [-0.2, -0.15) is 0 Å². The first-order valence-corrected chi connectivity index (χ1v) is 4.80. The molecule has 0 heterocycles. The number of nitrogens with one attached hydrogen (secondary N) is 1. The first-order valence-electron chi connectivity index (χ1n) is 4.80. The maximum atomic E-state index is 11.6. The Morgan fingerprint density at radius 1 is 1.40 bits per heavy atom. The lowest BCUT2D eigenvalue weighted by Crippen LogP contribution is -2.44. The summed E-state index contributed by atoms with van der Waals surface area (Å²) in [4.78, 5) is 11.6. The number of hydrogen-bond donors (Lipinski definition) is 3. The third kappa shape index (κ3) is 3.34. The van der Waals surface area contributed by atoms with E-state index in [1.54, 1.807) is 24.3 Å². The van der Waals surface area contributed by atoms with Crippen molar-refractivity contribution < 1.29 is 15.0 Å². The molecule has 0 spiro atoms. The quantitative estimate of drug-likeness (QED) is 0.661. The van der Waals surface area contributed by atoms with Crippen molar-refractivity contribution >= 4 is 5.91 Å². The molecule has 82 valence electrons. The first kappa shape index (κ1) is 11.7. The molecule has 0 unspecified atom stereocenters. The molecule has 0 aromatic heterocycles. The largest absolute Gasteiger partial charge is 0.394 e. The van der Waals surface area contributed by atoms with Gasteiger partial charge in [0.1, 0.15) is 0 Å². The smallest absolute Gasteiger partial charge is 0.251 e. The topological polar surface area (TPSA) is 69.6 Å². The van der Waals surface area contributed by atoms with E-state index in [-0.39, 0.29) is 12.5 Å². The molecule has 0 aliphatic heterocycles. The average Bonchev–Trinajstić information content (AvgIpc) is 2.26. The van der Waals surface area contributed by atoms with Gasteiger partial charge in [0, 0.05) is 5.56 Å². The highest BCUT2D eigenvalue weighted by atomic mass is 16.3. The second kappa shape index (κ2) is 5.48. The van der Waals surface area contributed by atoms with Crippen molar-refractivity contribution in [3.05, 3.63) is 35.9 Å². The summed E-state index contributed by atoms with van der Waals surface area (Å²) >= 11 is 0. The van der Waals surface area contributed by atoms with Crippen LogP contribution in [-0.2, 0) is 0 Å². The third-order valence-corrected chi connectivity index (χ3v) is 2.13. The van der Waals surface area contributed by atoms with Gasteiger partial charge in [0.05, 0.1) is 18.8 Å². The minimum atomic E-state index is -0.775. The van der Waals surface area contributed by atoms with Gasteiger partial charge in [-0.1, -0.05) is 18.2 Å². The van der Waals surface area contributed by atoms with Crippen LogP contribution < -0.4 is 5.32 Å². The molecule has 4 heteroatoms. The molecular formula is C11H15NO3. The van der Waals surface area contributed by atoms with Crippen LogP contribution in [0.4, 0.5) is 0 Å². The van der Waals surface area contributed by atoms with Crippen molar-refractivity contribution in [3.8, 4) is 0 Å². The highest BCUT2D eigenvalue weighted by Gasteiger charge is 2.16. The molecule has 0 bridgehead atoms. The number of rotatable bonds is 4. The number of benzene rings is 1. The zero-order valence-corrected chi connectivity index (χ0v) is 8.55. The van der Waals surface area contributed by atoms with Crippen molar-refractivity contribution in [2.24, 2.45) is 0 Å². The highest BCUT2D eigenvalue weighted by molar-refractivity contribution is 5.94. The summed E-state index contributed by atoms with van der Waals surface area (Å²) in [5.74, 6) is -0.296. The van der Waals surface area contributed by atoms with Gasteiger partial charge >= 0.3 is 0 Å². The van der Waals surface area contributed by atoms with E-state index >= 15 is 0 Å².